The van der Waals surface area contributed by atoms with E-state index in [4.69, 9.17) is 0 Å². The number of thioether (sulfide) groups is 1. The molecule has 0 N–H and O–H groups in total. The molecule has 124 valence electrons. The average Bonchev–Trinajstić information content (AvgIpc) is 3.31. The molecule has 0 amide bonds. The van der Waals surface area contributed by atoms with Gasteiger partial charge in [0.1, 0.15) is 0 Å². The Kier molecular flexibility index (Phi) is 4.30. The van der Waals surface area contributed by atoms with Crippen LogP contribution in [0.2, 0.25) is 0 Å². The van der Waals surface area contributed by atoms with E-state index in [0.717, 1.165) is 27.8 Å². The summed E-state index contributed by atoms with van der Waals surface area (Å²) in [5.74, 6) is 0.749. The maximum absolute atomic E-state index is 4.42. The van der Waals surface area contributed by atoms with E-state index in [9.17, 15) is 0 Å². The van der Waals surface area contributed by atoms with Crippen LogP contribution in [0.15, 0.2) is 72.1 Å². The first-order valence-electron chi connectivity index (χ1n) is 7.87. The molecule has 0 unspecified atom stereocenters. The van der Waals surface area contributed by atoms with Gasteiger partial charge < -0.3 is 0 Å². The Morgan fingerprint density at radius 1 is 0.960 bits per heavy atom. The van der Waals surface area contributed by atoms with Crippen LogP contribution in [0.5, 0.6) is 0 Å². The van der Waals surface area contributed by atoms with Gasteiger partial charge in [-0.15, -0.1) is 5.10 Å². The van der Waals surface area contributed by atoms with Gasteiger partial charge in [0.15, 0.2) is 0 Å². The van der Waals surface area contributed by atoms with Gasteiger partial charge in [0.2, 0.25) is 5.16 Å². The lowest BCUT2D eigenvalue weighted by Gasteiger charge is -2.04. The van der Waals surface area contributed by atoms with Crippen molar-refractivity contribution in [3.05, 3.63) is 78.1 Å². The third-order valence-electron chi connectivity index (χ3n) is 3.74. The van der Waals surface area contributed by atoms with Crippen LogP contribution in [-0.4, -0.2) is 30.0 Å². The molecule has 0 radical (unpaired) electrons. The molecule has 2 aromatic heterocycles. The molecule has 4 aromatic rings. The van der Waals surface area contributed by atoms with Crippen LogP contribution in [0, 0.1) is 6.92 Å². The maximum atomic E-state index is 4.42. The quantitative estimate of drug-likeness (QED) is 0.517. The third kappa shape index (κ3) is 3.46. The van der Waals surface area contributed by atoms with Crippen molar-refractivity contribution in [3.8, 4) is 11.4 Å². The molecule has 25 heavy (non-hydrogen) atoms. The fourth-order valence-corrected chi connectivity index (χ4v) is 3.22. The summed E-state index contributed by atoms with van der Waals surface area (Å²) in [7, 11) is 0. The number of benzene rings is 2. The van der Waals surface area contributed by atoms with Crippen LogP contribution < -0.4 is 0 Å². The number of aromatic nitrogens is 6. The average molecular weight is 348 g/mol. The van der Waals surface area contributed by atoms with E-state index < -0.39 is 0 Å². The van der Waals surface area contributed by atoms with Crippen molar-refractivity contribution in [1.82, 2.24) is 30.0 Å². The van der Waals surface area contributed by atoms with Crippen LogP contribution in [0.1, 0.15) is 11.1 Å². The van der Waals surface area contributed by atoms with Crippen molar-refractivity contribution >= 4 is 11.8 Å². The first-order chi connectivity index (χ1) is 12.3. The first-order valence-corrected chi connectivity index (χ1v) is 8.85. The predicted octanol–water partition coefficient (Wildman–Crippen LogP) is 3.45. The van der Waals surface area contributed by atoms with Gasteiger partial charge in [-0.2, -0.15) is 9.78 Å². The number of hydrogen-bond acceptors (Lipinski definition) is 5. The standard InChI is InChI=1S/C18H16N6S/c1-14-7-9-17(10-8-14)24-18(20-21-22-24)25-13-15-11-19-23(12-15)16-5-3-2-4-6-16/h2-12H,13H2,1H3. The summed E-state index contributed by atoms with van der Waals surface area (Å²) in [4.78, 5) is 0. The molecular weight excluding hydrogens is 332 g/mol. The van der Waals surface area contributed by atoms with Crippen molar-refractivity contribution in [2.45, 2.75) is 17.8 Å². The lowest BCUT2D eigenvalue weighted by molar-refractivity contribution is 0.756. The second-order valence-electron chi connectivity index (χ2n) is 5.63. The topological polar surface area (TPSA) is 61.4 Å². The highest BCUT2D eigenvalue weighted by Crippen LogP contribution is 2.23. The number of aryl methyl sites for hydroxylation is 1. The Balaban J connectivity index is 1.49. The van der Waals surface area contributed by atoms with Gasteiger partial charge in [-0.05, 0) is 41.6 Å². The smallest absolute Gasteiger partial charge is 0.214 e. The van der Waals surface area contributed by atoms with Gasteiger partial charge >= 0.3 is 0 Å². The Labute approximate surface area is 149 Å². The zero-order valence-corrected chi connectivity index (χ0v) is 14.5. The lowest BCUT2D eigenvalue weighted by Crippen LogP contribution is -1.99. The molecule has 0 saturated heterocycles. The van der Waals surface area contributed by atoms with Gasteiger partial charge in [0.05, 0.1) is 17.6 Å². The number of hydrogen-bond donors (Lipinski definition) is 0. The molecular formula is C18H16N6S. The molecule has 2 aromatic carbocycles. The largest absolute Gasteiger partial charge is 0.241 e. The van der Waals surface area contributed by atoms with E-state index in [0.29, 0.717) is 0 Å². The van der Waals surface area contributed by atoms with E-state index in [-0.39, 0.29) is 0 Å². The minimum atomic E-state index is 0.749. The van der Waals surface area contributed by atoms with E-state index in [1.807, 2.05) is 59.5 Å². The molecule has 0 fully saturated rings. The summed E-state index contributed by atoms with van der Waals surface area (Å²) in [6.45, 7) is 2.06. The summed E-state index contributed by atoms with van der Waals surface area (Å²) in [5, 5.41) is 17.2. The second-order valence-corrected chi connectivity index (χ2v) is 6.57. The minimum absolute atomic E-state index is 0.749. The molecule has 2 heterocycles. The van der Waals surface area contributed by atoms with Crippen molar-refractivity contribution in [2.75, 3.05) is 0 Å². The van der Waals surface area contributed by atoms with Gasteiger partial charge in [-0.3, -0.25) is 0 Å². The molecule has 0 atom stereocenters. The summed E-state index contributed by atoms with van der Waals surface area (Å²) in [6.07, 6.45) is 3.91. The highest BCUT2D eigenvalue weighted by atomic mass is 32.2. The molecule has 0 aliphatic rings. The number of para-hydroxylation sites is 1. The van der Waals surface area contributed by atoms with Gasteiger partial charge in [0, 0.05) is 17.5 Å². The molecule has 0 saturated carbocycles. The molecule has 7 heteroatoms. The first kappa shape index (κ1) is 15.6. The zero-order valence-electron chi connectivity index (χ0n) is 13.6. The predicted molar refractivity (Wildman–Crippen MR) is 97.0 cm³/mol. The normalized spacial score (nSPS) is 10.9. The van der Waals surface area contributed by atoms with Crippen molar-refractivity contribution in [2.24, 2.45) is 0 Å². The number of tetrazole rings is 1. The molecule has 0 bridgehead atoms. The molecule has 0 aliphatic carbocycles. The van der Waals surface area contributed by atoms with E-state index in [2.05, 4.69) is 39.7 Å². The SMILES string of the molecule is Cc1ccc(-n2nnnc2SCc2cnn(-c3ccccc3)c2)cc1. The fraction of sp³-hybridized carbons (Fsp3) is 0.111. The van der Waals surface area contributed by atoms with Gasteiger partial charge in [-0.25, -0.2) is 4.68 Å². The summed E-state index contributed by atoms with van der Waals surface area (Å²) >= 11 is 1.59. The highest BCUT2D eigenvalue weighted by molar-refractivity contribution is 7.98. The van der Waals surface area contributed by atoms with Gasteiger partial charge in [0.25, 0.3) is 0 Å². The van der Waals surface area contributed by atoms with Crippen molar-refractivity contribution < 1.29 is 0 Å². The maximum Gasteiger partial charge on any atom is 0.214 e. The van der Waals surface area contributed by atoms with Crippen LogP contribution >= 0.6 is 11.8 Å². The van der Waals surface area contributed by atoms with Gasteiger partial charge in [-0.1, -0.05) is 47.7 Å². The zero-order chi connectivity index (χ0) is 17.1. The summed E-state index contributed by atoms with van der Waals surface area (Å²) < 4.78 is 3.63. The van der Waals surface area contributed by atoms with Crippen molar-refractivity contribution in [3.63, 3.8) is 0 Å². The van der Waals surface area contributed by atoms with Crippen LogP contribution in [0.4, 0.5) is 0 Å². The number of nitrogens with zero attached hydrogens (tertiary/aromatic N) is 6. The van der Waals surface area contributed by atoms with Crippen LogP contribution in [0.25, 0.3) is 11.4 Å². The molecule has 6 nitrogen and oxygen atoms in total. The highest BCUT2D eigenvalue weighted by Gasteiger charge is 2.10. The van der Waals surface area contributed by atoms with Crippen molar-refractivity contribution in [1.29, 1.82) is 0 Å². The second kappa shape index (κ2) is 6.90. The summed E-state index contributed by atoms with van der Waals surface area (Å²) in [6, 6.07) is 18.2. The molecule has 4 rings (SSSR count). The Bertz CT molecular complexity index is 959. The van der Waals surface area contributed by atoms with Crippen LogP contribution in [-0.2, 0) is 5.75 Å². The molecule has 0 spiro atoms. The monoisotopic (exact) mass is 348 g/mol. The van der Waals surface area contributed by atoms with E-state index >= 15 is 0 Å². The summed E-state index contributed by atoms with van der Waals surface area (Å²) in [5.41, 5.74) is 4.33. The lowest BCUT2D eigenvalue weighted by atomic mass is 10.2. The Morgan fingerprint density at radius 2 is 1.76 bits per heavy atom. The van der Waals surface area contributed by atoms with Crippen LogP contribution in [0.3, 0.4) is 0 Å². The fourth-order valence-electron chi connectivity index (χ4n) is 2.42. The Morgan fingerprint density at radius 3 is 2.56 bits per heavy atom. The van der Waals surface area contributed by atoms with E-state index in [1.165, 1.54) is 5.56 Å². The number of rotatable bonds is 5. The Hall–Kier alpha value is -2.93. The molecule has 0 aliphatic heterocycles. The third-order valence-corrected chi connectivity index (χ3v) is 4.73. The minimum Gasteiger partial charge on any atom is -0.241 e. The van der Waals surface area contributed by atoms with E-state index in [1.54, 1.807) is 16.4 Å².